The molecule has 23 heavy (non-hydrogen) atoms. The van der Waals surface area contributed by atoms with E-state index in [0.717, 1.165) is 30.0 Å². The molecule has 0 aliphatic carbocycles. The Bertz CT molecular complexity index is 782. The van der Waals surface area contributed by atoms with Crippen LogP contribution in [0.1, 0.15) is 27.9 Å². The summed E-state index contributed by atoms with van der Waals surface area (Å²) in [5, 5.41) is 0.993. The molecule has 0 aliphatic heterocycles. The molecule has 0 radical (unpaired) electrons. The monoisotopic (exact) mass is 419 g/mol. The van der Waals surface area contributed by atoms with Gasteiger partial charge in [-0.25, -0.2) is 0 Å². The summed E-state index contributed by atoms with van der Waals surface area (Å²) in [6.45, 7) is 0.639. The second-order valence-corrected chi connectivity index (χ2v) is 6.88. The number of nitrogens with one attached hydrogen (secondary N) is 1. The molecule has 3 aromatic rings. The molecule has 0 saturated heterocycles. The van der Waals surface area contributed by atoms with Gasteiger partial charge in [0.2, 0.25) is 0 Å². The zero-order valence-electron chi connectivity index (χ0n) is 12.7. The molecule has 1 unspecified atom stereocenters. The summed E-state index contributed by atoms with van der Waals surface area (Å²) in [5.74, 6) is 0. The number of aryl methyl sites for hydroxylation is 1. The SMILES string of the molecule is O=Cc1c[nH]c2ccc(CCC(I)OCc3ccccc3)cc12. The topological polar surface area (TPSA) is 42.1 Å². The predicted octanol–water partition coefficient (Wildman–Crippen LogP) is 4.89. The lowest BCUT2D eigenvalue weighted by atomic mass is 10.1. The smallest absolute Gasteiger partial charge is 0.152 e. The van der Waals surface area contributed by atoms with Crippen LogP contribution in [0.25, 0.3) is 10.9 Å². The van der Waals surface area contributed by atoms with Gasteiger partial charge in [-0.15, -0.1) is 0 Å². The van der Waals surface area contributed by atoms with Crippen LogP contribution in [0.3, 0.4) is 0 Å². The third kappa shape index (κ3) is 4.20. The molecule has 0 aliphatic rings. The lowest BCUT2D eigenvalue weighted by Gasteiger charge is -2.12. The van der Waals surface area contributed by atoms with Crippen LogP contribution >= 0.6 is 22.6 Å². The molecule has 4 heteroatoms. The molecule has 3 nitrogen and oxygen atoms in total. The van der Waals surface area contributed by atoms with Crippen molar-refractivity contribution in [2.45, 2.75) is 23.6 Å². The van der Waals surface area contributed by atoms with Crippen LogP contribution in [0.5, 0.6) is 0 Å². The number of aldehydes is 1. The summed E-state index contributed by atoms with van der Waals surface area (Å²) >= 11 is 2.34. The molecule has 0 bridgehead atoms. The Balaban J connectivity index is 1.56. The standard InChI is InChI=1S/C19H18INO2/c20-19(23-13-15-4-2-1-3-5-15)9-7-14-6-8-18-17(10-14)16(12-22)11-21-18/h1-6,8,10-12,19,21H,7,9,13H2. The summed E-state index contributed by atoms with van der Waals surface area (Å²) in [6, 6.07) is 16.4. The number of H-pyrrole nitrogens is 1. The predicted molar refractivity (Wildman–Crippen MR) is 101 cm³/mol. The maximum Gasteiger partial charge on any atom is 0.152 e. The van der Waals surface area contributed by atoms with Crippen LogP contribution in [0.2, 0.25) is 0 Å². The Morgan fingerprint density at radius 2 is 1.96 bits per heavy atom. The minimum atomic E-state index is 0.167. The highest BCUT2D eigenvalue weighted by Gasteiger charge is 2.07. The fraction of sp³-hybridized carbons (Fsp3) is 0.211. The minimum Gasteiger partial charge on any atom is -0.363 e. The zero-order chi connectivity index (χ0) is 16.1. The van der Waals surface area contributed by atoms with Crippen LogP contribution in [0, 0.1) is 0 Å². The Hall–Kier alpha value is -1.66. The molecule has 1 atom stereocenters. The molecule has 2 aromatic carbocycles. The Kier molecular flexibility index (Phi) is 5.46. The molecular weight excluding hydrogens is 401 g/mol. The van der Waals surface area contributed by atoms with Crippen LogP contribution in [0.4, 0.5) is 0 Å². The van der Waals surface area contributed by atoms with Gasteiger partial charge < -0.3 is 9.72 Å². The average molecular weight is 419 g/mol. The van der Waals surface area contributed by atoms with E-state index in [9.17, 15) is 4.79 Å². The quantitative estimate of drug-likeness (QED) is 0.337. The van der Waals surface area contributed by atoms with Crippen molar-refractivity contribution in [3.63, 3.8) is 0 Å². The highest BCUT2D eigenvalue weighted by molar-refractivity contribution is 14.1. The van der Waals surface area contributed by atoms with Gasteiger partial charge >= 0.3 is 0 Å². The minimum absolute atomic E-state index is 0.167. The van der Waals surface area contributed by atoms with E-state index in [0.29, 0.717) is 12.2 Å². The number of carbonyl (C=O) groups is 1. The maximum absolute atomic E-state index is 11.0. The first-order chi connectivity index (χ1) is 11.3. The van der Waals surface area contributed by atoms with E-state index in [2.05, 4.69) is 51.8 Å². The Labute approximate surface area is 149 Å². The highest BCUT2D eigenvalue weighted by atomic mass is 127. The number of fused-ring (bicyclic) bond motifs is 1. The van der Waals surface area contributed by atoms with E-state index in [1.165, 1.54) is 11.1 Å². The van der Waals surface area contributed by atoms with E-state index in [-0.39, 0.29) is 4.11 Å². The third-order valence-electron chi connectivity index (χ3n) is 3.84. The van der Waals surface area contributed by atoms with Gasteiger partial charge in [0.1, 0.15) is 4.11 Å². The first-order valence-electron chi connectivity index (χ1n) is 7.61. The van der Waals surface area contributed by atoms with E-state index in [4.69, 9.17) is 4.74 Å². The van der Waals surface area contributed by atoms with Gasteiger partial charge in [0.15, 0.2) is 6.29 Å². The van der Waals surface area contributed by atoms with Crippen LogP contribution in [0.15, 0.2) is 54.7 Å². The molecule has 0 spiro atoms. The van der Waals surface area contributed by atoms with Crippen molar-refractivity contribution in [1.29, 1.82) is 0 Å². The molecule has 3 rings (SSSR count). The number of alkyl halides is 1. The van der Waals surface area contributed by atoms with Crippen molar-refractivity contribution in [1.82, 2.24) is 4.98 Å². The molecule has 0 amide bonds. The number of hydrogen-bond donors (Lipinski definition) is 1. The highest BCUT2D eigenvalue weighted by Crippen LogP contribution is 2.21. The normalized spacial score (nSPS) is 12.4. The Morgan fingerprint density at radius 3 is 2.74 bits per heavy atom. The summed E-state index contributed by atoms with van der Waals surface area (Å²) in [5.41, 5.74) is 4.14. The average Bonchev–Trinajstić information content (AvgIpc) is 3.01. The maximum atomic E-state index is 11.0. The molecule has 1 aromatic heterocycles. The lowest BCUT2D eigenvalue weighted by molar-refractivity contribution is 0.105. The van der Waals surface area contributed by atoms with Gasteiger partial charge in [-0.05, 0) is 36.1 Å². The number of hydrogen-bond acceptors (Lipinski definition) is 2. The van der Waals surface area contributed by atoms with Gasteiger partial charge in [-0.1, -0.05) is 59.0 Å². The van der Waals surface area contributed by atoms with Crippen molar-refractivity contribution in [2.75, 3.05) is 0 Å². The van der Waals surface area contributed by atoms with Crippen molar-refractivity contribution in [2.24, 2.45) is 0 Å². The molecule has 0 saturated carbocycles. The zero-order valence-corrected chi connectivity index (χ0v) is 14.8. The summed E-state index contributed by atoms with van der Waals surface area (Å²) in [7, 11) is 0. The number of aromatic amines is 1. The molecule has 0 fully saturated rings. The molecular formula is C19H18INO2. The fourth-order valence-electron chi connectivity index (χ4n) is 2.57. The van der Waals surface area contributed by atoms with Crippen LogP contribution in [-0.2, 0) is 17.8 Å². The van der Waals surface area contributed by atoms with E-state index >= 15 is 0 Å². The van der Waals surface area contributed by atoms with Gasteiger partial charge in [0.25, 0.3) is 0 Å². The second-order valence-electron chi connectivity index (χ2n) is 5.49. The summed E-state index contributed by atoms with van der Waals surface area (Å²) in [4.78, 5) is 14.1. The number of carbonyl (C=O) groups excluding carboxylic acids is 1. The van der Waals surface area contributed by atoms with Gasteiger partial charge in [-0.3, -0.25) is 4.79 Å². The van der Waals surface area contributed by atoms with Gasteiger partial charge in [0, 0.05) is 22.7 Å². The first-order valence-corrected chi connectivity index (χ1v) is 8.85. The first kappa shape index (κ1) is 16.2. The summed E-state index contributed by atoms with van der Waals surface area (Å²) in [6.07, 6.45) is 4.53. The molecule has 118 valence electrons. The van der Waals surface area contributed by atoms with Crippen LogP contribution < -0.4 is 0 Å². The van der Waals surface area contributed by atoms with E-state index < -0.39 is 0 Å². The molecule has 1 N–H and O–H groups in total. The number of ether oxygens (including phenoxy) is 1. The number of halogens is 1. The van der Waals surface area contributed by atoms with Crippen LogP contribution in [-0.4, -0.2) is 15.4 Å². The van der Waals surface area contributed by atoms with Crippen molar-refractivity contribution >= 4 is 39.8 Å². The van der Waals surface area contributed by atoms with E-state index in [1.807, 2.05) is 24.3 Å². The lowest BCUT2D eigenvalue weighted by Crippen LogP contribution is -2.06. The third-order valence-corrected chi connectivity index (χ3v) is 4.82. The largest absolute Gasteiger partial charge is 0.363 e. The van der Waals surface area contributed by atoms with Gasteiger partial charge in [0.05, 0.1) is 6.61 Å². The Morgan fingerprint density at radius 1 is 1.13 bits per heavy atom. The molecule has 1 heterocycles. The van der Waals surface area contributed by atoms with Crippen molar-refractivity contribution < 1.29 is 9.53 Å². The number of rotatable bonds is 7. The van der Waals surface area contributed by atoms with Crippen molar-refractivity contribution in [3.05, 3.63) is 71.4 Å². The number of benzene rings is 2. The van der Waals surface area contributed by atoms with Gasteiger partial charge in [-0.2, -0.15) is 0 Å². The fourth-order valence-corrected chi connectivity index (χ4v) is 3.06. The van der Waals surface area contributed by atoms with E-state index in [1.54, 1.807) is 6.20 Å². The van der Waals surface area contributed by atoms with Crippen molar-refractivity contribution in [3.8, 4) is 0 Å². The summed E-state index contributed by atoms with van der Waals surface area (Å²) < 4.78 is 6.06. The second kappa shape index (κ2) is 7.75. The number of aromatic nitrogens is 1.